The topological polar surface area (TPSA) is 229 Å². The van der Waals surface area contributed by atoms with Crippen LogP contribution in [0, 0.1) is 29.6 Å². The molecule has 412 valence electrons. The van der Waals surface area contributed by atoms with Gasteiger partial charge in [-0.15, -0.1) is 0 Å². The molecule has 0 bridgehead atoms. The van der Waals surface area contributed by atoms with Crippen LogP contribution in [0.15, 0.2) is 0 Å². The Labute approximate surface area is 422 Å². The van der Waals surface area contributed by atoms with Crippen LogP contribution >= 0.6 is 0 Å². The molecule has 71 heavy (non-hydrogen) atoms. The lowest BCUT2D eigenvalue weighted by Gasteiger charge is -2.54. The van der Waals surface area contributed by atoms with Crippen LogP contribution in [0.4, 0.5) is 0 Å². The predicted molar refractivity (Wildman–Crippen MR) is 257 cm³/mol. The van der Waals surface area contributed by atoms with Crippen molar-refractivity contribution >= 4 is 5.97 Å². The molecule has 0 amide bonds. The number of carboxylic acids is 1. The molecule has 0 aromatic rings. The molecule has 7 aliphatic heterocycles. The lowest BCUT2D eigenvalue weighted by molar-refractivity contribution is -0.377. The number of carbonyl (C=O) groups is 1. The Hall–Kier alpha value is -1.17. The highest BCUT2D eigenvalue weighted by molar-refractivity contribution is 5.68. The Bertz CT molecular complexity index is 1750. The van der Waals surface area contributed by atoms with E-state index in [0.29, 0.717) is 57.8 Å². The predicted octanol–water partition coefficient (Wildman–Crippen LogP) is 5.63. The van der Waals surface area contributed by atoms with Crippen molar-refractivity contribution < 1.29 is 87.2 Å². The van der Waals surface area contributed by atoms with Gasteiger partial charge in [-0.1, -0.05) is 34.6 Å². The van der Waals surface area contributed by atoms with Gasteiger partial charge >= 0.3 is 5.97 Å². The number of ether oxygens (including phenoxy) is 12. The fourth-order valence-electron chi connectivity index (χ4n) is 13.2. The number of hydrogen-bond acceptors (Lipinski definition) is 17. The summed E-state index contributed by atoms with van der Waals surface area (Å²) < 4.78 is 78.1. The molecule has 0 aromatic carbocycles. The number of aliphatic hydroxyl groups is 4. The third-order valence-electron chi connectivity index (χ3n) is 18.3. The maximum absolute atomic E-state index is 12.3. The van der Waals surface area contributed by atoms with Gasteiger partial charge in [-0.05, 0) is 91.9 Å². The van der Waals surface area contributed by atoms with Gasteiger partial charge in [0.2, 0.25) is 0 Å². The van der Waals surface area contributed by atoms with Crippen molar-refractivity contribution in [3.8, 4) is 0 Å². The van der Waals surface area contributed by atoms with E-state index in [0.717, 1.165) is 6.42 Å². The van der Waals surface area contributed by atoms with Crippen molar-refractivity contribution in [2.45, 2.75) is 280 Å². The van der Waals surface area contributed by atoms with Crippen LogP contribution in [0.2, 0.25) is 0 Å². The first-order valence-electron chi connectivity index (χ1n) is 26.8. The van der Waals surface area contributed by atoms with E-state index in [1.807, 2.05) is 48.5 Å². The van der Waals surface area contributed by atoms with Crippen LogP contribution < -0.4 is 0 Å². The zero-order valence-electron chi connectivity index (χ0n) is 45.2. The molecule has 1 spiro atoms. The summed E-state index contributed by atoms with van der Waals surface area (Å²) in [6.45, 7) is 21.1. The average Bonchev–Trinajstić information content (AvgIpc) is 4.01. The molecule has 0 saturated carbocycles. The average molecular weight is 1020 g/mol. The summed E-state index contributed by atoms with van der Waals surface area (Å²) in [5.41, 5.74) is -2.55. The zero-order chi connectivity index (χ0) is 52.2. The van der Waals surface area contributed by atoms with Gasteiger partial charge in [0, 0.05) is 71.2 Å². The van der Waals surface area contributed by atoms with Crippen LogP contribution in [0.5, 0.6) is 0 Å². The molecule has 0 aliphatic carbocycles. The third kappa shape index (κ3) is 12.2. The summed E-state index contributed by atoms with van der Waals surface area (Å²) in [4.78, 5) is 12.3. The van der Waals surface area contributed by atoms with Crippen LogP contribution in [-0.2, 0) is 61.6 Å². The number of carboxylic acid groups (broad SMARTS) is 1. The monoisotopic (exact) mass is 1020 g/mol. The van der Waals surface area contributed by atoms with Crippen molar-refractivity contribution in [1.29, 1.82) is 0 Å². The lowest BCUT2D eigenvalue weighted by Crippen LogP contribution is -2.66. The zero-order valence-corrected chi connectivity index (χ0v) is 45.2. The molecular formula is C53H92O18. The first-order chi connectivity index (χ1) is 33.2. The summed E-state index contributed by atoms with van der Waals surface area (Å²) >= 11 is 0. The minimum Gasteiger partial charge on any atom is -0.481 e. The first-order valence-corrected chi connectivity index (χ1v) is 26.8. The van der Waals surface area contributed by atoms with Gasteiger partial charge in [-0.25, -0.2) is 0 Å². The number of aliphatic hydroxyl groups excluding tert-OH is 2. The summed E-state index contributed by atoms with van der Waals surface area (Å²) in [5.74, 6) is -6.58. The largest absolute Gasteiger partial charge is 0.481 e. The first kappa shape index (κ1) is 57.5. The van der Waals surface area contributed by atoms with Crippen LogP contribution in [0.3, 0.4) is 0 Å². The summed E-state index contributed by atoms with van der Waals surface area (Å²) in [6.07, 6.45) is -2.91. The maximum atomic E-state index is 12.3. The molecule has 0 radical (unpaired) electrons. The molecule has 0 unspecified atom stereocenters. The molecule has 0 aromatic heterocycles. The van der Waals surface area contributed by atoms with E-state index in [1.165, 1.54) is 0 Å². The quantitative estimate of drug-likeness (QED) is 0.112. The minimum atomic E-state index is -2.13. The van der Waals surface area contributed by atoms with Crippen LogP contribution in [-0.4, -0.2) is 179 Å². The number of methoxy groups -OCH3 is 3. The van der Waals surface area contributed by atoms with E-state index >= 15 is 0 Å². The van der Waals surface area contributed by atoms with E-state index in [9.17, 15) is 30.3 Å². The second-order valence-electron chi connectivity index (χ2n) is 24.0. The molecule has 18 heteroatoms. The number of hydrogen-bond donors (Lipinski definition) is 5. The Balaban J connectivity index is 1.08. The minimum absolute atomic E-state index is 0.0277. The van der Waals surface area contributed by atoms with E-state index in [1.54, 1.807) is 42.1 Å². The van der Waals surface area contributed by atoms with Gasteiger partial charge in [0.25, 0.3) is 0 Å². The lowest BCUT2D eigenvalue weighted by atomic mass is 9.75. The van der Waals surface area contributed by atoms with Crippen molar-refractivity contribution in [2.75, 3.05) is 21.3 Å². The SMILES string of the molecule is CO[C@@H]1[C@@H](O[C@H]2CC[C@H](OC)[C@@H](C)O2)[C@H](C)[C@@](O)(CC(=O)O)O[C@H]1[C@H](C)[C@H]1O[C@@]2(CC[C@@](C)([C@H]3CC[C@@](C)([C@@H]4O[C@@H]([C@@H](O)[C@@H](C)C[C@@H](C)C(C)(C)O)C[C@@H]4O[C@H]4CC[C@H](OC)[C@@H](C)O4)O3)O2)C[C@H](O)[C@H]1C. The second-order valence-corrected chi connectivity index (χ2v) is 24.0. The second kappa shape index (κ2) is 22.4. The smallest absolute Gasteiger partial charge is 0.308 e. The third-order valence-corrected chi connectivity index (χ3v) is 18.3. The molecule has 7 fully saturated rings. The maximum Gasteiger partial charge on any atom is 0.308 e. The molecule has 7 rings (SSSR count). The Kier molecular flexibility index (Phi) is 18.2. The highest BCUT2D eigenvalue weighted by Gasteiger charge is 2.63. The standard InChI is InChI=1S/C53H92O18/c1-27(23-28(2)49(8,9)58)43(57)37-24-38(65-41-17-15-35(60-12)32(6)63-41)48(66-37)51(11)20-19-39(68-51)50(10)21-22-52(71-50)25-34(54)29(3)44(69-52)30(4)45-47(62-14)46(31(5)53(59,70-45)26-40(55)56)67-42-18-16-36(61-13)33(7)64-42/h27-39,41-48,54,57-59H,15-26H2,1-14H3,(H,55,56)/t27-,28+,29+,30+,31-,32+,33+,34-,35-,36-,37+,38-,39+,41-,42-,43-,44-,45-,46-,47-,48+,50-,51-,52+,53+/m0/s1. The highest BCUT2D eigenvalue weighted by Crippen LogP contribution is 2.54. The normalized spacial score (nSPS) is 48.4. The molecule has 7 saturated heterocycles. The summed E-state index contributed by atoms with van der Waals surface area (Å²) in [5, 5.41) is 56.5. The molecule has 7 aliphatic rings. The van der Waals surface area contributed by atoms with Gasteiger partial charge in [0.1, 0.15) is 12.2 Å². The fourth-order valence-corrected chi connectivity index (χ4v) is 13.2. The highest BCUT2D eigenvalue weighted by atomic mass is 16.7. The van der Waals surface area contributed by atoms with Crippen molar-refractivity contribution in [3.63, 3.8) is 0 Å². The van der Waals surface area contributed by atoms with Crippen molar-refractivity contribution in [2.24, 2.45) is 29.6 Å². The summed E-state index contributed by atoms with van der Waals surface area (Å²) in [6, 6.07) is 0. The van der Waals surface area contributed by atoms with Gasteiger partial charge < -0.3 is 82.4 Å². The van der Waals surface area contributed by atoms with E-state index in [4.69, 9.17) is 56.8 Å². The van der Waals surface area contributed by atoms with E-state index in [2.05, 4.69) is 6.92 Å². The van der Waals surface area contributed by atoms with Crippen molar-refractivity contribution in [3.05, 3.63) is 0 Å². The van der Waals surface area contributed by atoms with E-state index in [-0.39, 0.29) is 48.8 Å². The Morgan fingerprint density at radius 1 is 0.761 bits per heavy atom. The molecule has 7 heterocycles. The van der Waals surface area contributed by atoms with E-state index < -0.39 is 126 Å². The Morgan fingerprint density at radius 3 is 1.94 bits per heavy atom. The van der Waals surface area contributed by atoms with Gasteiger partial charge in [0.15, 0.2) is 24.2 Å². The Morgan fingerprint density at radius 2 is 1.38 bits per heavy atom. The molecule has 5 N–H and O–H groups in total. The number of aliphatic carboxylic acids is 1. The summed E-state index contributed by atoms with van der Waals surface area (Å²) in [7, 11) is 4.88. The molecule has 18 nitrogen and oxygen atoms in total. The van der Waals surface area contributed by atoms with Crippen molar-refractivity contribution in [1.82, 2.24) is 0 Å². The van der Waals surface area contributed by atoms with Gasteiger partial charge in [-0.3, -0.25) is 4.79 Å². The fraction of sp³-hybridized carbons (Fsp3) is 0.981. The van der Waals surface area contributed by atoms with Gasteiger partial charge in [0.05, 0.1) is 96.5 Å². The van der Waals surface area contributed by atoms with Gasteiger partial charge in [-0.2, -0.15) is 0 Å². The molecule has 25 atom stereocenters. The molecular weight excluding hydrogens is 925 g/mol. The van der Waals surface area contributed by atoms with Crippen LogP contribution in [0.1, 0.15) is 153 Å². The van der Waals surface area contributed by atoms with Crippen LogP contribution in [0.25, 0.3) is 0 Å². The number of rotatable bonds is 18.